The van der Waals surface area contributed by atoms with Crippen molar-refractivity contribution in [3.05, 3.63) is 72.3 Å². The molecule has 2 aromatic carbocycles. The van der Waals surface area contributed by atoms with E-state index in [1.165, 1.54) is 63.4 Å². The maximum Gasteiger partial charge on any atom is 0.0706 e. The number of nitrogens with one attached hydrogen (secondary N) is 2. The molecule has 3 saturated carbocycles. The number of likely N-dealkylation sites (N-methyl/N-ethyl adjacent to an activating group) is 1. The number of hydrogen-bond acceptors (Lipinski definition) is 4. The summed E-state index contributed by atoms with van der Waals surface area (Å²) in [6, 6.07) is 17.1. The molecule has 39 heavy (non-hydrogen) atoms. The van der Waals surface area contributed by atoms with Gasteiger partial charge in [0.1, 0.15) is 0 Å². The molecule has 0 heterocycles. The number of anilines is 2. The Balaban J connectivity index is 0.000000415. The SMILES string of the molecule is C1CC1.C1CC1.C=C[C@@H](NC)C(C)C.Cc1ccc(N(CN)c2ccccc2C(=N)C2CCCCC2)cc1.O. The molecule has 1 atom stereocenters. The Kier molecular flexibility index (Phi) is 17.3. The zero-order valence-electron chi connectivity index (χ0n) is 25.1. The molecular weight excluding hydrogens is 480 g/mol. The highest BCUT2D eigenvalue weighted by Crippen LogP contribution is 2.33. The van der Waals surface area contributed by atoms with Crippen molar-refractivity contribution < 1.29 is 5.48 Å². The molecule has 0 aliphatic heterocycles. The largest absolute Gasteiger partial charge is 0.412 e. The van der Waals surface area contributed by atoms with E-state index in [0.717, 1.165) is 35.5 Å². The molecule has 0 amide bonds. The lowest BCUT2D eigenvalue weighted by molar-refractivity contribution is 0.438. The first kappa shape index (κ1) is 34.6. The van der Waals surface area contributed by atoms with E-state index in [4.69, 9.17) is 11.1 Å². The predicted octanol–water partition coefficient (Wildman–Crippen LogP) is 7.93. The summed E-state index contributed by atoms with van der Waals surface area (Å²) in [7, 11) is 1.95. The zero-order valence-corrected chi connectivity index (χ0v) is 25.1. The molecule has 3 aliphatic carbocycles. The normalized spacial score (nSPS) is 15.9. The van der Waals surface area contributed by atoms with Crippen molar-refractivity contribution in [2.75, 3.05) is 18.6 Å². The van der Waals surface area contributed by atoms with Crippen molar-refractivity contribution in [1.29, 1.82) is 5.41 Å². The van der Waals surface area contributed by atoms with Gasteiger partial charge in [-0.1, -0.05) is 114 Å². The molecule has 0 bridgehead atoms. The molecule has 6 N–H and O–H groups in total. The van der Waals surface area contributed by atoms with Crippen LogP contribution in [-0.2, 0) is 0 Å². The minimum Gasteiger partial charge on any atom is -0.412 e. The zero-order chi connectivity index (χ0) is 27.8. The van der Waals surface area contributed by atoms with E-state index < -0.39 is 0 Å². The molecule has 3 aliphatic rings. The Labute approximate surface area is 239 Å². The molecular formula is C34H56N4O. The van der Waals surface area contributed by atoms with Crippen LogP contribution in [0.15, 0.2) is 61.2 Å². The fourth-order valence-electron chi connectivity index (χ4n) is 4.34. The number of nitrogens with zero attached hydrogens (tertiary/aromatic N) is 1. The molecule has 0 saturated heterocycles. The van der Waals surface area contributed by atoms with Crippen molar-refractivity contribution in [3.63, 3.8) is 0 Å². The fourth-order valence-corrected chi connectivity index (χ4v) is 4.34. The molecule has 5 rings (SSSR count). The van der Waals surface area contributed by atoms with Gasteiger partial charge in [0.25, 0.3) is 0 Å². The van der Waals surface area contributed by atoms with Crippen molar-refractivity contribution >= 4 is 17.1 Å². The highest BCUT2D eigenvalue weighted by atomic mass is 16.0. The molecule has 5 nitrogen and oxygen atoms in total. The van der Waals surface area contributed by atoms with Crippen LogP contribution in [-0.4, -0.2) is 30.9 Å². The van der Waals surface area contributed by atoms with Crippen molar-refractivity contribution in [2.45, 2.75) is 97.4 Å². The number of para-hydroxylation sites is 1. The second kappa shape index (κ2) is 19.6. The molecule has 2 aromatic rings. The number of aryl methyl sites for hydroxylation is 1. The van der Waals surface area contributed by atoms with Crippen molar-refractivity contribution in [3.8, 4) is 0 Å². The van der Waals surface area contributed by atoms with Gasteiger partial charge >= 0.3 is 0 Å². The molecule has 0 spiro atoms. The lowest BCUT2D eigenvalue weighted by Crippen LogP contribution is -2.28. The highest BCUT2D eigenvalue weighted by molar-refractivity contribution is 6.05. The van der Waals surface area contributed by atoms with E-state index >= 15 is 0 Å². The summed E-state index contributed by atoms with van der Waals surface area (Å²) >= 11 is 0. The van der Waals surface area contributed by atoms with Crippen LogP contribution in [0.5, 0.6) is 0 Å². The average molecular weight is 537 g/mol. The summed E-state index contributed by atoms with van der Waals surface area (Å²) < 4.78 is 0. The molecule has 218 valence electrons. The topological polar surface area (TPSA) is 96.6 Å². The van der Waals surface area contributed by atoms with Crippen LogP contribution in [0.3, 0.4) is 0 Å². The van der Waals surface area contributed by atoms with Gasteiger partial charge in [-0.2, -0.15) is 0 Å². The van der Waals surface area contributed by atoms with Crippen LogP contribution in [0.4, 0.5) is 11.4 Å². The minimum atomic E-state index is 0. The Morgan fingerprint density at radius 1 is 0.949 bits per heavy atom. The van der Waals surface area contributed by atoms with E-state index in [9.17, 15) is 0 Å². The van der Waals surface area contributed by atoms with Gasteiger partial charge < -0.3 is 26.8 Å². The maximum atomic E-state index is 8.76. The van der Waals surface area contributed by atoms with Gasteiger partial charge in [0.15, 0.2) is 0 Å². The van der Waals surface area contributed by atoms with Crippen LogP contribution in [0.2, 0.25) is 0 Å². The van der Waals surface area contributed by atoms with Crippen LogP contribution in [0.1, 0.15) is 95.6 Å². The molecule has 0 unspecified atom stereocenters. The maximum absolute atomic E-state index is 8.76. The Hall–Kier alpha value is -2.47. The van der Waals surface area contributed by atoms with Gasteiger partial charge in [0.05, 0.1) is 12.4 Å². The lowest BCUT2D eigenvalue weighted by atomic mass is 9.83. The lowest BCUT2D eigenvalue weighted by Gasteiger charge is -2.29. The molecule has 0 radical (unpaired) electrons. The molecule has 0 aromatic heterocycles. The first-order valence-electron chi connectivity index (χ1n) is 14.9. The minimum absolute atomic E-state index is 0. The number of hydrogen-bond donors (Lipinski definition) is 3. The van der Waals surface area contributed by atoms with Crippen molar-refractivity contribution in [2.24, 2.45) is 17.6 Å². The summed E-state index contributed by atoms with van der Waals surface area (Å²) in [5.74, 6) is 1.04. The molecule has 3 fully saturated rings. The monoisotopic (exact) mass is 536 g/mol. The predicted molar refractivity (Wildman–Crippen MR) is 171 cm³/mol. The van der Waals surface area contributed by atoms with Gasteiger partial charge in [-0.15, -0.1) is 6.58 Å². The average Bonchev–Trinajstić information content (AvgIpc) is 3.82. The number of nitrogens with two attached hydrogens (primary N) is 1. The standard InChI is InChI=1S/C21H27N3.C7H15N.2C3H6.H2O/c1-16-11-13-18(14-12-16)24(15-22)20-10-6-5-9-19(20)21(23)17-7-3-2-4-8-17;1-5-7(8-4)6(2)3;2*1-2-3-1;/h5-6,9-14,17,23H,2-4,7-8,15,22H2,1H3;5-8H,1H2,2-4H3;2*1-3H2;1H2/t;7-;;;/m.1.../s1. The van der Waals surface area contributed by atoms with E-state index in [0.29, 0.717) is 24.5 Å². The summed E-state index contributed by atoms with van der Waals surface area (Å²) in [5.41, 5.74) is 11.2. The van der Waals surface area contributed by atoms with Gasteiger partial charge in [-0.25, -0.2) is 0 Å². The Bertz CT molecular complexity index is 919. The van der Waals surface area contributed by atoms with E-state index in [2.05, 4.69) is 74.0 Å². The first-order chi connectivity index (χ1) is 18.4. The van der Waals surface area contributed by atoms with Gasteiger partial charge in [0, 0.05) is 28.9 Å². The quantitative estimate of drug-likeness (QED) is 0.181. The van der Waals surface area contributed by atoms with Crippen LogP contribution >= 0.6 is 0 Å². The third-order valence-electron chi connectivity index (χ3n) is 7.04. The summed E-state index contributed by atoms with van der Waals surface area (Å²) in [5, 5.41) is 11.9. The van der Waals surface area contributed by atoms with Crippen LogP contribution < -0.4 is 16.0 Å². The third-order valence-corrected chi connectivity index (χ3v) is 7.04. The van der Waals surface area contributed by atoms with Crippen LogP contribution in [0.25, 0.3) is 0 Å². The van der Waals surface area contributed by atoms with Gasteiger partial charge in [-0.3, -0.25) is 0 Å². The van der Waals surface area contributed by atoms with E-state index in [1.807, 2.05) is 25.3 Å². The Morgan fingerprint density at radius 2 is 1.46 bits per heavy atom. The first-order valence-corrected chi connectivity index (χ1v) is 14.9. The van der Waals surface area contributed by atoms with Crippen LogP contribution in [0, 0.1) is 24.2 Å². The number of benzene rings is 2. The summed E-state index contributed by atoms with van der Waals surface area (Å²) in [6.07, 6.45) is 17.0. The van der Waals surface area contributed by atoms with Crippen molar-refractivity contribution in [1.82, 2.24) is 5.32 Å². The van der Waals surface area contributed by atoms with Gasteiger partial charge in [0.2, 0.25) is 0 Å². The summed E-state index contributed by atoms with van der Waals surface area (Å²) in [4.78, 5) is 2.10. The smallest absolute Gasteiger partial charge is 0.0706 e. The van der Waals surface area contributed by atoms with E-state index in [1.54, 1.807) is 0 Å². The van der Waals surface area contributed by atoms with Gasteiger partial charge in [-0.05, 0) is 50.9 Å². The Morgan fingerprint density at radius 3 is 1.87 bits per heavy atom. The second-order valence-corrected chi connectivity index (χ2v) is 11.1. The number of rotatable bonds is 8. The summed E-state index contributed by atoms with van der Waals surface area (Å²) in [6.45, 7) is 10.5. The fraction of sp³-hybridized carbons (Fsp3) is 0.559. The molecule has 5 heteroatoms. The third kappa shape index (κ3) is 13.4. The van der Waals surface area contributed by atoms with E-state index in [-0.39, 0.29) is 5.48 Å². The second-order valence-electron chi connectivity index (χ2n) is 11.1. The highest BCUT2D eigenvalue weighted by Gasteiger charge is 2.23.